The van der Waals surface area contributed by atoms with Crippen LogP contribution in [0.2, 0.25) is 0 Å². The van der Waals surface area contributed by atoms with Gasteiger partial charge in [0, 0.05) is 6.42 Å². The highest BCUT2D eigenvalue weighted by Gasteiger charge is 2.58. The van der Waals surface area contributed by atoms with Gasteiger partial charge in [-0.05, 0) is 79.6 Å². The fourth-order valence-corrected chi connectivity index (χ4v) is 6.45. The summed E-state index contributed by atoms with van der Waals surface area (Å²) in [6.45, 7) is 9.02. The van der Waals surface area contributed by atoms with Crippen molar-refractivity contribution in [1.29, 1.82) is 0 Å². The molecule has 1 N–H and O–H groups in total. The van der Waals surface area contributed by atoms with Crippen LogP contribution in [-0.2, 0) is 9.53 Å². The van der Waals surface area contributed by atoms with Crippen molar-refractivity contribution in [2.24, 2.45) is 28.6 Å². The van der Waals surface area contributed by atoms with Gasteiger partial charge in [-0.25, -0.2) is 0 Å². The van der Waals surface area contributed by atoms with Crippen LogP contribution in [0, 0.1) is 28.6 Å². The maximum absolute atomic E-state index is 11.8. The molecule has 0 amide bonds. The maximum Gasteiger partial charge on any atom is 0.305 e. The molecule has 0 unspecified atom stereocenters. The first-order valence-corrected chi connectivity index (χ1v) is 9.41. The van der Waals surface area contributed by atoms with Crippen molar-refractivity contribution in [3.05, 3.63) is 23.8 Å². The summed E-state index contributed by atoms with van der Waals surface area (Å²) in [5.74, 6) is 1.52. The standard InChI is InChI=1S/C21H32O3/c1-14(2)17-7-10-21-11-15(16(12-21)13-22)5-6-18(21)20(17,3)9-8-19(23)24-4/h12,15,17-18,22H,1,5-11,13H2,2-4H3/t15-,17+,18-,20+,21-/m0/s1. The Balaban J connectivity index is 1.94. The van der Waals surface area contributed by atoms with Crippen molar-refractivity contribution in [1.82, 2.24) is 0 Å². The van der Waals surface area contributed by atoms with Crippen molar-refractivity contribution in [2.45, 2.75) is 58.8 Å². The molecule has 3 aliphatic carbocycles. The van der Waals surface area contributed by atoms with Crippen molar-refractivity contribution in [2.75, 3.05) is 13.7 Å². The third-order valence-electron chi connectivity index (χ3n) is 7.48. The number of carbonyl (C=O) groups is 1. The minimum absolute atomic E-state index is 0.0879. The van der Waals surface area contributed by atoms with Crippen LogP contribution in [0.5, 0.6) is 0 Å². The molecule has 3 aliphatic rings. The summed E-state index contributed by atoms with van der Waals surface area (Å²) in [7, 11) is 1.47. The molecule has 24 heavy (non-hydrogen) atoms. The van der Waals surface area contributed by atoms with Gasteiger partial charge in [0.25, 0.3) is 0 Å². The van der Waals surface area contributed by atoms with Gasteiger partial charge in [-0.3, -0.25) is 4.79 Å². The number of aliphatic hydroxyl groups is 1. The smallest absolute Gasteiger partial charge is 0.305 e. The second-order valence-corrected chi connectivity index (χ2v) is 8.66. The van der Waals surface area contributed by atoms with E-state index in [1.54, 1.807) is 0 Å². The lowest BCUT2D eigenvalue weighted by molar-refractivity contribution is -0.143. The summed E-state index contributed by atoms with van der Waals surface area (Å²) < 4.78 is 4.91. The van der Waals surface area contributed by atoms with Gasteiger partial charge in [0.05, 0.1) is 13.7 Å². The number of hydrogen-bond donors (Lipinski definition) is 1. The molecule has 3 heteroatoms. The highest BCUT2D eigenvalue weighted by molar-refractivity contribution is 5.69. The molecule has 134 valence electrons. The molecule has 2 bridgehead atoms. The Morgan fingerprint density at radius 3 is 2.79 bits per heavy atom. The van der Waals surface area contributed by atoms with Gasteiger partial charge >= 0.3 is 5.97 Å². The Morgan fingerprint density at radius 1 is 1.42 bits per heavy atom. The Kier molecular flexibility index (Phi) is 4.67. The van der Waals surface area contributed by atoms with E-state index in [1.807, 2.05) is 0 Å². The zero-order valence-corrected chi connectivity index (χ0v) is 15.4. The summed E-state index contributed by atoms with van der Waals surface area (Å²) in [5.41, 5.74) is 2.84. The van der Waals surface area contributed by atoms with Gasteiger partial charge in [0.1, 0.15) is 0 Å². The number of rotatable bonds is 5. The van der Waals surface area contributed by atoms with E-state index >= 15 is 0 Å². The van der Waals surface area contributed by atoms with E-state index in [4.69, 9.17) is 4.74 Å². The molecule has 0 radical (unpaired) electrons. The van der Waals surface area contributed by atoms with Crippen molar-refractivity contribution >= 4 is 5.97 Å². The Bertz CT molecular complexity index is 563. The van der Waals surface area contributed by atoms with E-state index in [0.29, 0.717) is 24.2 Å². The zero-order valence-electron chi connectivity index (χ0n) is 15.4. The number of hydrogen-bond acceptors (Lipinski definition) is 3. The lowest BCUT2D eigenvalue weighted by Crippen LogP contribution is -2.50. The minimum atomic E-state index is -0.108. The van der Waals surface area contributed by atoms with Gasteiger partial charge < -0.3 is 9.84 Å². The summed E-state index contributed by atoms with van der Waals surface area (Å²) >= 11 is 0. The van der Waals surface area contributed by atoms with Crippen LogP contribution in [-0.4, -0.2) is 24.8 Å². The van der Waals surface area contributed by atoms with Gasteiger partial charge in [-0.15, -0.1) is 0 Å². The highest BCUT2D eigenvalue weighted by atomic mass is 16.5. The molecule has 3 rings (SSSR count). The van der Waals surface area contributed by atoms with Crippen molar-refractivity contribution in [3.8, 4) is 0 Å². The molecule has 0 heterocycles. The van der Waals surface area contributed by atoms with Crippen LogP contribution in [0.25, 0.3) is 0 Å². The van der Waals surface area contributed by atoms with Crippen LogP contribution in [0.3, 0.4) is 0 Å². The lowest BCUT2D eigenvalue weighted by atomic mass is 9.46. The predicted molar refractivity (Wildman–Crippen MR) is 95.3 cm³/mol. The number of methoxy groups -OCH3 is 1. The molecular weight excluding hydrogens is 300 g/mol. The summed E-state index contributed by atoms with van der Waals surface area (Å²) in [4.78, 5) is 11.8. The third kappa shape index (κ3) is 2.65. The molecule has 1 spiro atoms. The Hall–Kier alpha value is -1.09. The fraction of sp³-hybridized carbons (Fsp3) is 0.762. The maximum atomic E-state index is 11.8. The van der Waals surface area contributed by atoms with E-state index in [9.17, 15) is 9.90 Å². The first-order valence-electron chi connectivity index (χ1n) is 9.41. The molecule has 2 saturated carbocycles. The van der Waals surface area contributed by atoms with Crippen LogP contribution >= 0.6 is 0 Å². The molecule has 0 saturated heterocycles. The summed E-state index contributed by atoms with van der Waals surface area (Å²) in [6, 6.07) is 0. The number of aliphatic hydroxyl groups excluding tert-OH is 1. The monoisotopic (exact) mass is 332 g/mol. The molecule has 3 nitrogen and oxygen atoms in total. The van der Waals surface area contributed by atoms with Gasteiger partial charge in [0.2, 0.25) is 0 Å². The van der Waals surface area contributed by atoms with Crippen LogP contribution in [0.15, 0.2) is 23.8 Å². The lowest BCUT2D eigenvalue weighted by Gasteiger charge is -2.58. The first kappa shape index (κ1) is 17.7. The van der Waals surface area contributed by atoms with Gasteiger partial charge in [0.15, 0.2) is 0 Å². The van der Waals surface area contributed by atoms with E-state index in [1.165, 1.54) is 43.9 Å². The molecule has 0 aromatic rings. The largest absolute Gasteiger partial charge is 0.469 e. The second-order valence-electron chi connectivity index (χ2n) is 8.66. The average molecular weight is 332 g/mol. The third-order valence-corrected chi connectivity index (χ3v) is 7.48. The Morgan fingerprint density at radius 2 is 2.17 bits per heavy atom. The topological polar surface area (TPSA) is 46.5 Å². The zero-order chi connectivity index (χ0) is 17.5. The molecule has 0 aromatic heterocycles. The molecule has 0 aromatic carbocycles. The normalized spacial score (nSPS) is 40.7. The number of ether oxygens (including phenoxy) is 1. The molecule has 0 aliphatic heterocycles. The van der Waals surface area contributed by atoms with Crippen LogP contribution < -0.4 is 0 Å². The SMILES string of the molecule is C=C(C)[C@H]1CC[C@]23C=C(CO)[C@@H](CC[C@H]2[C@]1(C)CCC(=O)OC)C3. The number of carbonyl (C=O) groups excluding carboxylic acids is 1. The highest BCUT2D eigenvalue weighted by Crippen LogP contribution is 2.67. The fourth-order valence-electron chi connectivity index (χ4n) is 6.45. The predicted octanol–water partition coefficient (Wildman–Crippen LogP) is 4.27. The molecular formula is C21H32O3. The Labute approximate surface area is 146 Å². The second kappa shape index (κ2) is 6.33. The molecule has 2 fully saturated rings. The van der Waals surface area contributed by atoms with Crippen LogP contribution in [0.4, 0.5) is 0 Å². The van der Waals surface area contributed by atoms with E-state index < -0.39 is 0 Å². The van der Waals surface area contributed by atoms with E-state index in [-0.39, 0.29) is 23.4 Å². The van der Waals surface area contributed by atoms with Crippen molar-refractivity contribution < 1.29 is 14.6 Å². The first-order chi connectivity index (χ1) is 11.4. The van der Waals surface area contributed by atoms with Gasteiger partial charge in [-0.1, -0.05) is 25.2 Å². The molecule has 5 atom stereocenters. The van der Waals surface area contributed by atoms with E-state index in [2.05, 4.69) is 26.5 Å². The van der Waals surface area contributed by atoms with Gasteiger partial charge in [-0.2, -0.15) is 0 Å². The van der Waals surface area contributed by atoms with E-state index in [0.717, 1.165) is 12.8 Å². The number of fused-ring (bicyclic) bond motifs is 1. The number of allylic oxidation sites excluding steroid dienone is 2. The summed E-state index contributed by atoms with van der Waals surface area (Å²) in [5, 5.41) is 9.73. The summed E-state index contributed by atoms with van der Waals surface area (Å²) in [6.07, 6.45) is 9.71. The van der Waals surface area contributed by atoms with Crippen LogP contribution in [0.1, 0.15) is 58.8 Å². The average Bonchev–Trinajstić information content (AvgIpc) is 2.83. The quantitative estimate of drug-likeness (QED) is 0.604. The number of esters is 1. The minimum Gasteiger partial charge on any atom is -0.469 e. The van der Waals surface area contributed by atoms with Crippen molar-refractivity contribution in [3.63, 3.8) is 0 Å².